The van der Waals surface area contributed by atoms with Crippen molar-refractivity contribution in [3.8, 4) is 11.5 Å². The fourth-order valence-electron chi connectivity index (χ4n) is 2.54. The first-order chi connectivity index (χ1) is 10.2. The second-order valence-corrected chi connectivity index (χ2v) is 4.98. The molecule has 0 aliphatic rings. The Morgan fingerprint density at radius 3 is 2.48 bits per heavy atom. The lowest BCUT2D eigenvalue weighted by atomic mass is 10.0. The minimum atomic E-state index is -0.232. The highest BCUT2D eigenvalue weighted by atomic mass is 16.3. The third kappa shape index (κ3) is 2.48. The number of fused-ring (bicyclic) bond motifs is 1. The van der Waals surface area contributed by atoms with E-state index in [1.165, 1.54) is 0 Å². The Morgan fingerprint density at radius 1 is 1.00 bits per heavy atom. The molecule has 106 valence electrons. The smallest absolute Gasteiger partial charge is 0.124 e. The van der Waals surface area contributed by atoms with Gasteiger partial charge in [-0.05, 0) is 31.2 Å². The highest BCUT2D eigenvalue weighted by molar-refractivity contribution is 5.93. The lowest BCUT2D eigenvalue weighted by molar-refractivity contribution is 0.434. The molecule has 0 aliphatic heterocycles. The number of hydrogen-bond donors (Lipinski definition) is 3. The Labute approximate surface area is 122 Å². The maximum Gasteiger partial charge on any atom is 0.124 e. The van der Waals surface area contributed by atoms with Crippen molar-refractivity contribution in [3.63, 3.8) is 0 Å². The summed E-state index contributed by atoms with van der Waals surface area (Å²) in [5, 5.41) is 25.3. The van der Waals surface area contributed by atoms with Crippen LogP contribution in [0.2, 0.25) is 0 Å². The third-order valence-electron chi connectivity index (χ3n) is 3.55. The Bertz CT molecular complexity index is 761. The first kappa shape index (κ1) is 13.2. The van der Waals surface area contributed by atoms with E-state index in [-0.39, 0.29) is 17.5 Å². The molecule has 3 rings (SSSR count). The van der Waals surface area contributed by atoms with E-state index in [9.17, 15) is 10.2 Å². The average molecular weight is 280 g/mol. The molecule has 0 radical (unpaired) electrons. The van der Waals surface area contributed by atoms with Crippen LogP contribution in [0.15, 0.2) is 54.9 Å². The molecule has 3 aromatic rings. The van der Waals surface area contributed by atoms with Crippen molar-refractivity contribution < 1.29 is 10.2 Å². The van der Waals surface area contributed by atoms with Crippen molar-refractivity contribution in [1.29, 1.82) is 0 Å². The van der Waals surface area contributed by atoms with Crippen molar-refractivity contribution >= 4 is 16.5 Å². The molecular formula is C17H16N2O2. The molecule has 1 aromatic heterocycles. The summed E-state index contributed by atoms with van der Waals surface area (Å²) in [6, 6.07) is 12.4. The van der Waals surface area contributed by atoms with Crippen LogP contribution in [-0.2, 0) is 0 Å². The van der Waals surface area contributed by atoms with Gasteiger partial charge in [0.2, 0.25) is 0 Å². The second kappa shape index (κ2) is 5.32. The summed E-state index contributed by atoms with van der Waals surface area (Å²) in [6.07, 6.45) is 3.55. The summed E-state index contributed by atoms with van der Waals surface area (Å²) in [4.78, 5) is 4.11. The molecule has 0 bridgehead atoms. The molecule has 0 fully saturated rings. The van der Waals surface area contributed by atoms with Crippen molar-refractivity contribution in [2.75, 3.05) is 5.32 Å². The molecule has 1 heterocycles. The van der Waals surface area contributed by atoms with Crippen molar-refractivity contribution in [2.24, 2.45) is 0 Å². The van der Waals surface area contributed by atoms with E-state index in [4.69, 9.17) is 0 Å². The molecular weight excluding hydrogens is 264 g/mol. The highest BCUT2D eigenvalue weighted by Crippen LogP contribution is 2.35. The Morgan fingerprint density at radius 2 is 1.71 bits per heavy atom. The predicted octanol–water partition coefficient (Wildman–Crippen LogP) is 3.82. The molecule has 3 N–H and O–H groups in total. The maximum absolute atomic E-state index is 9.94. The van der Waals surface area contributed by atoms with Crippen molar-refractivity contribution in [3.05, 3.63) is 60.4 Å². The molecule has 21 heavy (non-hydrogen) atoms. The monoisotopic (exact) mass is 280 g/mol. The number of rotatable bonds is 3. The molecule has 4 nitrogen and oxygen atoms in total. The molecule has 4 heteroatoms. The van der Waals surface area contributed by atoms with E-state index in [0.717, 1.165) is 16.5 Å². The third-order valence-corrected chi connectivity index (χ3v) is 3.55. The molecule has 0 amide bonds. The largest absolute Gasteiger partial charge is 0.507 e. The normalized spacial score (nSPS) is 12.2. The average Bonchev–Trinajstić information content (AvgIpc) is 2.47. The van der Waals surface area contributed by atoms with Crippen LogP contribution in [0.5, 0.6) is 11.5 Å². The fraction of sp³-hybridized carbons (Fsp3) is 0.118. The number of aromatic hydroxyl groups is 2. The van der Waals surface area contributed by atoms with Gasteiger partial charge in [-0.25, -0.2) is 0 Å². The van der Waals surface area contributed by atoms with Gasteiger partial charge in [-0.2, -0.15) is 0 Å². The molecule has 0 spiro atoms. The van der Waals surface area contributed by atoms with Gasteiger partial charge < -0.3 is 15.5 Å². The van der Waals surface area contributed by atoms with Crippen LogP contribution in [0.1, 0.15) is 18.5 Å². The zero-order valence-corrected chi connectivity index (χ0v) is 11.6. The van der Waals surface area contributed by atoms with Crippen molar-refractivity contribution in [2.45, 2.75) is 13.0 Å². The van der Waals surface area contributed by atoms with Gasteiger partial charge in [-0.1, -0.05) is 18.2 Å². The standard InChI is InChI=1S/C17H16N2O2/c1-11(17-15(20)6-3-7-16(17)21)19-14-5-2-4-12-10-18-9-8-13(12)14/h2-11,19-21H,1H3. The zero-order valence-electron chi connectivity index (χ0n) is 11.6. The second-order valence-electron chi connectivity index (χ2n) is 4.98. The molecule has 0 aliphatic carbocycles. The molecule has 0 saturated heterocycles. The quantitative estimate of drug-likeness (QED) is 0.682. The zero-order chi connectivity index (χ0) is 14.8. The minimum Gasteiger partial charge on any atom is -0.507 e. The highest BCUT2D eigenvalue weighted by Gasteiger charge is 2.15. The lowest BCUT2D eigenvalue weighted by Gasteiger charge is -2.19. The number of nitrogens with zero attached hydrogens (tertiary/aromatic N) is 1. The molecule has 1 atom stereocenters. The minimum absolute atomic E-state index is 0.0805. The van der Waals surface area contributed by atoms with Gasteiger partial charge in [0, 0.05) is 28.9 Å². The van der Waals surface area contributed by atoms with E-state index in [1.807, 2.05) is 37.4 Å². The van der Waals surface area contributed by atoms with E-state index in [0.29, 0.717) is 5.56 Å². The van der Waals surface area contributed by atoms with Crippen LogP contribution in [0, 0.1) is 0 Å². The number of aromatic nitrogens is 1. The summed E-state index contributed by atoms with van der Waals surface area (Å²) in [7, 11) is 0. The Kier molecular flexibility index (Phi) is 3.36. The first-order valence-electron chi connectivity index (χ1n) is 6.77. The first-order valence-corrected chi connectivity index (χ1v) is 6.77. The van der Waals surface area contributed by atoms with Gasteiger partial charge in [0.15, 0.2) is 0 Å². The maximum atomic E-state index is 9.94. The number of anilines is 1. The number of pyridine rings is 1. The van der Waals surface area contributed by atoms with Gasteiger partial charge >= 0.3 is 0 Å². The van der Waals surface area contributed by atoms with E-state index < -0.39 is 0 Å². The van der Waals surface area contributed by atoms with Crippen LogP contribution >= 0.6 is 0 Å². The summed E-state index contributed by atoms with van der Waals surface area (Å²) < 4.78 is 0. The summed E-state index contributed by atoms with van der Waals surface area (Å²) in [5.74, 6) is 0.161. The van der Waals surface area contributed by atoms with Gasteiger partial charge in [-0.3, -0.25) is 4.98 Å². The Balaban J connectivity index is 1.99. The molecule has 1 unspecified atom stereocenters. The Hall–Kier alpha value is -2.75. The van der Waals surface area contributed by atoms with Crippen LogP contribution in [-0.4, -0.2) is 15.2 Å². The topological polar surface area (TPSA) is 65.4 Å². The van der Waals surface area contributed by atoms with E-state index in [2.05, 4.69) is 10.3 Å². The number of hydrogen-bond acceptors (Lipinski definition) is 4. The lowest BCUT2D eigenvalue weighted by Crippen LogP contribution is -2.07. The summed E-state index contributed by atoms with van der Waals surface area (Å²) >= 11 is 0. The van der Waals surface area contributed by atoms with Crippen molar-refractivity contribution in [1.82, 2.24) is 4.98 Å². The van der Waals surface area contributed by atoms with Crippen LogP contribution in [0.25, 0.3) is 10.8 Å². The van der Waals surface area contributed by atoms with E-state index >= 15 is 0 Å². The van der Waals surface area contributed by atoms with Gasteiger partial charge in [0.1, 0.15) is 11.5 Å². The summed E-state index contributed by atoms with van der Waals surface area (Å²) in [6.45, 7) is 1.90. The van der Waals surface area contributed by atoms with Gasteiger partial charge in [-0.15, -0.1) is 0 Å². The van der Waals surface area contributed by atoms with E-state index in [1.54, 1.807) is 24.4 Å². The number of phenols is 2. The fourth-order valence-corrected chi connectivity index (χ4v) is 2.54. The van der Waals surface area contributed by atoms with Gasteiger partial charge in [0.25, 0.3) is 0 Å². The van der Waals surface area contributed by atoms with Gasteiger partial charge in [0.05, 0.1) is 11.6 Å². The predicted molar refractivity (Wildman–Crippen MR) is 83.6 cm³/mol. The number of nitrogens with one attached hydrogen (secondary N) is 1. The summed E-state index contributed by atoms with van der Waals surface area (Å²) in [5.41, 5.74) is 1.42. The molecule has 2 aromatic carbocycles. The van der Waals surface area contributed by atoms with Crippen LogP contribution in [0.4, 0.5) is 5.69 Å². The van der Waals surface area contributed by atoms with Crippen LogP contribution < -0.4 is 5.32 Å². The molecule has 0 saturated carbocycles. The number of phenolic OH excluding ortho intramolecular Hbond substituents is 2. The van der Waals surface area contributed by atoms with Crippen LogP contribution in [0.3, 0.4) is 0 Å². The SMILES string of the molecule is CC(Nc1cccc2cnccc12)c1c(O)cccc1O. The number of benzene rings is 2.